The van der Waals surface area contributed by atoms with Crippen molar-refractivity contribution < 1.29 is 4.79 Å². The summed E-state index contributed by atoms with van der Waals surface area (Å²) in [6.07, 6.45) is 0.943. The molecule has 0 radical (unpaired) electrons. The number of nitrogens with one attached hydrogen (secondary N) is 1. The van der Waals surface area contributed by atoms with E-state index >= 15 is 0 Å². The second kappa shape index (κ2) is 7.23. The molecule has 3 rings (SSSR count). The van der Waals surface area contributed by atoms with Crippen molar-refractivity contribution in [3.63, 3.8) is 0 Å². The summed E-state index contributed by atoms with van der Waals surface area (Å²) in [7, 11) is 0. The van der Waals surface area contributed by atoms with Crippen molar-refractivity contribution in [2.45, 2.75) is 31.5 Å². The van der Waals surface area contributed by atoms with E-state index in [1.165, 1.54) is 5.56 Å². The van der Waals surface area contributed by atoms with Crippen LogP contribution < -0.4 is 11.1 Å². The molecule has 3 N–H and O–H groups in total. The van der Waals surface area contributed by atoms with Crippen LogP contribution in [-0.4, -0.2) is 29.9 Å². The maximum atomic E-state index is 12.6. The standard InChI is InChI=1S/C18H22ClN3OS/c1-18(20,14-7-9-24-12-14)17(23)21-16-6-8-22(11-16)10-13-2-4-15(19)5-3-13/h2-5,7,9,12,16H,6,8,10-11,20H2,1H3,(H,21,23)/t16?,18-/m0/s1. The number of thiophene rings is 1. The van der Waals surface area contributed by atoms with Crippen molar-refractivity contribution >= 4 is 28.8 Å². The summed E-state index contributed by atoms with van der Waals surface area (Å²) in [6.45, 7) is 4.44. The molecular formula is C18H22ClN3OS. The molecule has 6 heteroatoms. The summed E-state index contributed by atoms with van der Waals surface area (Å²) < 4.78 is 0. The Morgan fingerprint density at radius 1 is 1.42 bits per heavy atom. The maximum absolute atomic E-state index is 12.6. The molecule has 1 unspecified atom stereocenters. The topological polar surface area (TPSA) is 58.4 Å². The fourth-order valence-electron chi connectivity index (χ4n) is 2.97. The third kappa shape index (κ3) is 3.98. The Kier molecular flexibility index (Phi) is 5.25. The zero-order chi connectivity index (χ0) is 17.2. The molecule has 1 aromatic carbocycles. The normalized spacial score (nSPS) is 20.7. The molecular weight excluding hydrogens is 342 g/mol. The highest BCUT2D eigenvalue weighted by Gasteiger charge is 2.34. The molecule has 0 aliphatic carbocycles. The average Bonchev–Trinajstić information content (AvgIpc) is 3.22. The Labute approximate surface area is 151 Å². The third-order valence-corrected chi connectivity index (χ3v) is 5.45. The Morgan fingerprint density at radius 3 is 2.83 bits per heavy atom. The maximum Gasteiger partial charge on any atom is 0.244 e. The molecule has 1 aliphatic rings. The summed E-state index contributed by atoms with van der Waals surface area (Å²) in [4.78, 5) is 14.9. The van der Waals surface area contributed by atoms with Crippen LogP contribution in [0.3, 0.4) is 0 Å². The van der Waals surface area contributed by atoms with Crippen LogP contribution in [0, 0.1) is 0 Å². The number of hydrogen-bond donors (Lipinski definition) is 2. The molecule has 1 saturated heterocycles. The van der Waals surface area contributed by atoms with Crippen molar-refractivity contribution in [1.82, 2.24) is 10.2 Å². The van der Waals surface area contributed by atoms with Crippen LogP contribution in [0.2, 0.25) is 5.02 Å². The largest absolute Gasteiger partial charge is 0.350 e. The predicted molar refractivity (Wildman–Crippen MR) is 99.1 cm³/mol. The molecule has 0 bridgehead atoms. The molecule has 2 atom stereocenters. The summed E-state index contributed by atoms with van der Waals surface area (Å²) >= 11 is 7.47. The highest BCUT2D eigenvalue weighted by atomic mass is 35.5. The van der Waals surface area contributed by atoms with Crippen LogP contribution in [0.4, 0.5) is 0 Å². The van der Waals surface area contributed by atoms with Gasteiger partial charge in [0.2, 0.25) is 5.91 Å². The van der Waals surface area contributed by atoms with Gasteiger partial charge in [0.25, 0.3) is 0 Å². The molecule has 4 nitrogen and oxygen atoms in total. The number of amides is 1. The predicted octanol–water partition coefficient (Wildman–Crippen LogP) is 2.97. The van der Waals surface area contributed by atoms with E-state index in [1.807, 2.05) is 41.1 Å². The van der Waals surface area contributed by atoms with E-state index < -0.39 is 5.54 Å². The summed E-state index contributed by atoms with van der Waals surface area (Å²) in [5.41, 5.74) is 7.35. The van der Waals surface area contributed by atoms with Crippen molar-refractivity contribution in [2.24, 2.45) is 5.73 Å². The first-order chi connectivity index (χ1) is 11.4. The smallest absolute Gasteiger partial charge is 0.244 e. The lowest BCUT2D eigenvalue weighted by Gasteiger charge is -2.25. The number of rotatable bonds is 5. The molecule has 24 heavy (non-hydrogen) atoms. The monoisotopic (exact) mass is 363 g/mol. The number of benzene rings is 1. The Bertz CT molecular complexity index is 685. The van der Waals surface area contributed by atoms with Crippen LogP contribution in [0.15, 0.2) is 41.1 Å². The van der Waals surface area contributed by atoms with E-state index in [0.717, 1.165) is 36.6 Å². The minimum absolute atomic E-state index is 0.112. The van der Waals surface area contributed by atoms with Crippen LogP contribution in [0.5, 0.6) is 0 Å². The van der Waals surface area contributed by atoms with Gasteiger partial charge in [0, 0.05) is 30.7 Å². The van der Waals surface area contributed by atoms with Gasteiger partial charge in [-0.25, -0.2) is 0 Å². The second-order valence-electron chi connectivity index (χ2n) is 6.54. The summed E-state index contributed by atoms with van der Waals surface area (Å²) in [5, 5.41) is 7.73. The number of nitrogens with zero attached hydrogens (tertiary/aromatic N) is 1. The second-order valence-corrected chi connectivity index (χ2v) is 7.75. The van der Waals surface area contributed by atoms with Crippen molar-refractivity contribution in [3.05, 3.63) is 57.2 Å². The van der Waals surface area contributed by atoms with Crippen LogP contribution in [-0.2, 0) is 16.9 Å². The first-order valence-corrected chi connectivity index (χ1v) is 9.36. The number of likely N-dealkylation sites (tertiary alicyclic amines) is 1. The van der Waals surface area contributed by atoms with Crippen LogP contribution in [0.1, 0.15) is 24.5 Å². The van der Waals surface area contributed by atoms with E-state index in [-0.39, 0.29) is 11.9 Å². The molecule has 0 spiro atoms. The molecule has 1 aliphatic heterocycles. The fourth-order valence-corrected chi connectivity index (χ4v) is 3.87. The highest BCUT2D eigenvalue weighted by molar-refractivity contribution is 7.08. The van der Waals surface area contributed by atoms with Gasteiger partial charge in [0.15, 0.2) is 0 Å². The first-order valence-electron chi connectivity index (χ1n) is 8.04. The van der Waals surface area contributed by atoms with Gasteiger partial charge in [-0.1, -0.05) is 23.7 Å². The number of carbonyl (C=O) groups is 1. The van der Waals surface area contributed by atoms with Gasteiger partial charge in [-0.2, -0.15) is 11.3 Å². The van der Waals surface area contributed by atoms with Crippen LogP contribution in [0.25, 0.3) is 0 Å². The van der Waals surface area contributed by atoms with Gasteiger partial charge >= 0.3 is 0 Å². The van der Waals surface area contributed by atoms with E-state index in [4.69, 9.17) is 17.3 Å². The number of halogens is 1. The Balaban J connectivity index is 1.54. The highest BCUT2D eigenvalue weighted by Crippen LogP contribution is 2.22. The Morgan fingerprint density at radius 2 is 2.17 bits per heavy atom. The lowest BCUT2D eigenvalue weighted by atomic mass is 9.94. The number of nitrogens with two attached hydrogens (primary N) is 1. The molecule has 1 amide bonds. The minimum Gasteiger partial charge on any atom is -0.350 e. The molecule has 128 valence electrons. The zero-order valence-electron chi connectivity index (χ0n) is 13.7. The number of hydrogen-bond acceptors (Lipinski definition) is 4. The van der Waals surface area contributed by atoms with E-state index in [0.29, 0.717) is 0 Å². The van der Waals surface area contributed by atoms with Gasteiger partial charge in [-0.05, 0) is 53.4 Å². The SMILES string of the molecule is C[C@@](N)(C(=O)NC1CCN(Cc2ccc(Cl)cc2)C1)c1ccsc1. The molecule has 1 fully saturated rings. The quantitative estimate of drug-likeness (QED) is 0.858. The minimum atomic E-state index is -0.983. The van der Waals surface area contributed by atoms with E-state index in [2.05, 4.69) is 10.2 Å². The van der Waals surface area contributed by atoms with Crippen LogP contribution >= 0.6 is 22.9 Å². The lowest BCUT2D eigenvalue weighted by Crippen LogP contribution is -2.52. The summed E-state index contributed by atoms with van der Waals surface area (Å²) in [5.74, 6) is -0.112. The van der Waals surface area contributed by atoms with Crippen molar-refractivity contribution in [1.29, 1.82) is 0 Å². The fraction of sp³-hybridized carbons (Fsp3) is 0.389. The van der Waals surface area contributed by atoms with Gasteiger partial charge in [-0.3, -0.25) is 9.69 Å². The first kappa shape index (κ1) is 17.4. The van der Waals surface area contributed by atoms with Crippen molar-refractivity contribution in [2.75, 3.05) is 13.1 Å². The third-order valence-electron chi connectivity index (χ3n) is 4.52. The van der Waals surface area contributed by atoms with Gasteiger partial charge in [0.05, 0.1) is 0 Å². The molecule has 2 aromatic rings. The summed E-state index contributed by atoms with van der Waals surface area (Å²) in [6, 6.07) is 9.96. The van der Waals surface area contributed by atoms with Gasteiger partial charge in [0.1, 0.15) is 5.54 Å². The molecule has 2 heterocycles. The lowest BCUT2D eigenvalue weighted by molar-refractivity contribution is -0.126. The molecule has 0 saturated carbocycles. The van der Waals surface area contributed by atoms with Crippen molar-refractivity contribution in [3.8, 4) is 0 Å². The zero-order valence-corrected chi connectivity index (χ0v) is 15.2. The van der Waals surface area contributed by atoms with Gasteiger partial charge < -0.3 is 11.1 Å². The number of carbonyl (C=O) groups excluding carboxylic acids is 1. The Hall–Kier alpha value is -1.40. The average molecular weight is 364 g/mol. The molecule has 1 aromatic heterocycles. The van der Waals surface area contributed by atoms with Gasteiger partial charge in [-0.15, -0.1) is 0 Å². The van der Waals surface area contributed by atoms with E-state index in [9.17, 15) is 4.79 Å². The van der Waals surface area contributed by atoms with E-state index in [1.54, 1.807) is 18.3 Å².